The Morgan fingerprint density at radius 2 is 1.06 bits per heavy atom. The number of rotatable bonds is 2. The van der Waals surface area contributed by atoms with Gasteiger partial charge >= 0.3 is 0 Å². The molecule has 4 aliphatic carbocycles. The molecule has 4 bridgehead atoms. The van der Waals surface area contributed by atoms with Crippen molar-refractivity contribution in [2.75, 3.05) is 0 Å². The summed E-state index contributed by atoms with van der Waals surface area (Å²) >= 11 is 10.4. The highest BCUT2D eigenvalue weighted by Gasteiger charge is 2.52. The quantitative estimate of drug-likeness (QED) is 0.618. The maximum Gasteiger partial charge on any atom is 0.0295 e. The van der Waals surface area contributed by atoms with Gasteiger partial charge in [0.2, 0.25) is 0 Å². The van der Waals surface area contributed by atoms with Crippen molar-refractivity contribution >= 4 is 43.6 Å². The van der Waals surface area contributed by atoms with Crippen LogP contribution in [0.3, 0.4) is 0 Å². The van der Waals surface area contributed by atoms with Crippen LogP contribution in [0.4, 0.5) is 0 Å². The molecule has 0 aromatic carbocycles. The Hall–Kier alpha value is 1.31. The first-order valence-electron chi connectivity index (χ1n) is 7.17. The smallest absolute Gasteiger partial charge is 0.0295 e. The van der Waals surface area contributed by atoms with Crippen molar-refractivity contribution in [3.8, 4) is 0 Å². The molecule has 0 aromatic rings. The summed E-state index contributed by atoms with van der Waals surface area (Å²) < 4.78 is 0. The third kappa shape index (κ3) is 1.81. The molecule has 3 heteroatoms. The van der Waals surface area contributed by atoms with Gasteiger partial charge in [-0.3, -0.25) is 0 Å². The molecule has 8 atom stereocenters. The summed E-state index contributed by atoms with van der Waals surface area (Å²) in [7, 11) is 0. The maximum absolute atomic E-state index is 4.01. The average molecular weight is 380 g/mol. The van der Waals surface area contributed by atoms with Gasteiger partial charge in [0.15, 0.2) is 0 Å². The van der Waals surface area contributed by atoms with Crippen molar-refractivity contribution < 1.29 is 0 Å². The van der Waals surface area contributed by atoms with Gasteiger partial charge in [-0.1, -0.05) is 31.9 Å². The average Bonchev–Trinajstić information content (AvgIpc) is 3.05. The second kappa shape index (κ2) is 4.41. The van der Waals surface area contributed by atoms with Crippen LogP contribution in [0.2, 0.25) is 0 Å². The highest BCUT2D eigenvalue weighted by atomic mass is 79.9. The molecule has 0 saturated heterocycles. The normalized spacial score (nSPS) is 60.4. The second-order valence-corrected chi connectivity index (χ2v) is 10.1. The molecule has 17 heavy (non-hydrogen) atoms. The molecule has 0 aromatic heterocycles. The van der Waals surface area contributed by atoms with E-state index in [-0.39, 0.29) is 0 Å². The van der Waals surface area contributed by atoms with Gasteiger partial charge in [-0.2, -0.15) is 11.8 Å². The molecule has 4 aliphatic rings. The van der Waals surface area contributed by atoms with Crippen LogP contribution in [0.1, 0.15) is 38.5 Å². The topological polar surface area (TPSA) is 0 Å². The molecule has 0 nitrogen and oxygen atoms in total. The molecule has 0 unspecified atom stereocenters. The zero-order chi connectivity index (χ0) is 11.6. The lowest BCUT2D eigenvalue weighted by Crippen LogP contribution is -2.32. The van der Waals surface area contributed by atoms with Crippen molar-refractivity contribution in [1.29, 1.82) is 0 Å². The van der Waals surface area contributed by atoms with Crippen LogP contribution in [0, 0.1) is 23.7 Å². The van der Waals surface area contributed by atoms with Crippen LogP contribution in [0.25, 0.3) is 0 Å². The van der Waals surface area contributed by atoms with Crippen molar-refractivity contribution in [3.05, 3.63) is 0 Å². The van der Waals surface area contributed by atoms with Crippen LogP contribution < -0.4 is 0 Å². The first kappa shape index (κ1) is 12.1. The minimum atomic E-state index is 0.824. The van der Waals surface area contributed by atoms with E-state index < -0.39 is 0 Å². The molecule has 96 valence electrons. The van der Waals surface area contributed by atoms with Crippen LogP contribution in [-0.4, -0.2) is 20.2 Å². The SMILES string of the molecule is Br[C@@H]1[C@H]2CC[C@@H](C2)[C@H]1S[C@@H]1[C@H]2CC[C@@H](C2)[C@@H]1Br. The van der Waals surface area contributed by atoms with Crippen molar-refractivity contribution in [2.24, 2.45) is 23.7 Å². The van der Waals surface area contributed by atoms with Gasteiger partial charge in [0.1, 0.15) is 0 Å². The lowest BCUT2D eigenvalue weighted by Gasteiger charge is -2.34. The Balaban J connectivity index is 1.47. The predicted molar refractivity (Wildman–Crippen MR) is 82.3 cm³/mol. The Morgan fingerprint density at radius 3 is 1.41 bits per heavy atom. The van der Waals surface area contributed by atoms with E-state index in [1.54, 1.807) is 0 Å². The number of thioether (sulfide) groups is 1. The van der Waals surface area contributed by atoms with Crippen LogP contribution in [-0.2, 0) is 0 Å². The number of fused-ring (bicyclic) bond motifs is 4. The number of alkyl halides is 2. The second-order valence-electron chi connectivity index (χ2n) is 6.62. The summed E-state index contributed by atoms with van der Waals surface area (Å²) in [5.41, 5.74) is 0. The maximum atomic E-state index is 4.01. The van der Waals surface area contributed by atoms with Gasteiger partial charge in [-0.05, 0) is 62.2 Å². The summed E-state index contributed by atoms with van der Waals surface area (Å²) in [6, 6.07) is 0. The minimum Gasteiger partial charge on any atom is -0.152 e. The lowest BCUT2D eigenvalue weighted by molar-refractivity contribution is 0.488. The fourth-order valence-electron chi connectivity index (χ4n) is 4.89. The van der Waals surface area contributed by atoms with Crippen LogP contribution >= 0.6 is 43.6 Å². The summed E-state index contributed by atoms with van der Waals surface area (Å²) in [4.78, 5) is 1.65. The van der Waals surface area contributed by atoms with E-state index in [1.165, 1.54) is 38.5 Å². The van der Waals surface area contributed by atoms with Crippen molar-refractivity contribution in [3.63, 3.8) is 0 Å². The fraction of sp³-hybridized carbons (Fsp3) is 1.00. The molecule has 0 heterocycles. The summed E-state index contributed by atoms with van der Waals surface area (Å²) in [6.45, 7) is 0. The minimum absolute atomic E-state index is 0.824. The van der Waals surface area contributed by atoms with E-state index in [9.17, 15) is 0 Å². The van der Waals surface area contributed by atoms with E-state index in [0.717, 1.165) is 43.8 Å². The largest absolute Gasteiger partial charge is 0.152 e. The molecule has 0 spiro atoms. The zero-order valence-electron chi connectivity index (χ0n) is 10.0. The summed E-state index contributed by atoms with van der Waals surface area (Å²) in [5, 5.41) is 1.86. The van der Waals surface area contributed by atoms with Crippen molar-refractivity contribution in [2.45, 2.75) is 58.7 Å². The summed E-state index contributed by atoms with van der Waals surface area (Å²) in [5.74, 6) is 4.08. The third-order valence-corrected chi connectivity index (χ3v) is 11.1. The molecule has 4 saturated carbocycles. The molecular formula is C14H20Br2S. The Bertz CT molecular complexity index is 287. The zero-order valence-corrected chi connectivity index (χ0v) is 14.0. The summed E-state index contributed by atoms with van der Waals surface area (Å²) in [6.07, 6.45) is 9.04. The van der Waals surface area contributed by atoms with E-state index >= 15 is 0 Å². The van der Waals surface area contributed by atoms with E-state index in [0.29, 0.717) is 0 Å². The monoisotopic (exact) mass is 378 g/mol. The van der Waals surface area contributed by atoms with Gasteiger partial charge in [-0.15, -0.1) is 0 Å². The van der Waals surface area contributed by atoms with E-state index in [1.807, 2.05) is 0 Å². The molecule has 0 N–H and O–H groups in total. The number of hydrogen-bond donors (Lipinski definition) is 0. The highest BCUT2D eigenvalue weighted by Crippen LogP contribution is 2.59. The molecule has 4 rings (SSSR count). The van der Waals surface area contributed by atoms with E-state index in [2.05, 4.69) is 43.6 Å². The molecule has 4 fully saturated rings. The highest BCUT2D eigenvalue weighted by molar-refractivity contribution is 9.10. The Labute approximate surface area is 125 Å². The Morgan fingerprint density at radius 1 is 0.647 bits per heavy atom. The molecule has 0 amide bonds. The fourth-order valence-corrected chi connectivity index (χ4v) is 9.51. The third-order valence-electron chi connectivity index (χ3n) is 5.80. The number of hydrogen-bond acceptors (Lipinski definition) is 1. The first-order valence-corrected chi connectivity index (χ1v) is 9.95. The predicted octanol–water partition coefficient (Wildman–Crippen LogP) is 4.84. The van der Waals surface area contributed by atoms with Gasteiger partial charge in [0.05, 0.1) is 0 Å². The molecule has 0 aliphatic heterocycles. The lowest BCUT2D eigenvalue weighted by atomic mass is 9.99. The van der Waals surface area contributed by atoms with Gasteiger partial charge in [0.25, 0.3) is 0 Å². The first-order chi connectivity index (χ1) is 8.24. The van der Waals surface area contributed by atoms with Gasteiger partial charge < -0.3 is 0 Å². The van der Waals surface area contributed by atoms with Crippen molar-refractivity contribution in [1.82, 2.24) is 0 Å². The molecule has 0 radical (unpaired) electrons. The standard InChI is InChI=1S/C14H20Br2S/c15-11-7-1-3-9(5-7)13(11)17-14-10-4-2-8(6-10)12(14)16/h7-14H,1-6H2/t7-,8-,9-,10-,11-,12+,13+,14+/m0/s1. The van der Waals surface area contributed by atoms with Crippen LogP contribution in [0.15, 0.2) is 0 Å². The number of halogens is 2. The van der Waals surface area contributed by atoms with Gasteiger partial charge in [0, 0.05) is 20.2 Å². The Kier molecular flexibility index (Phi) is 3.13. The van der Waals surface area contributed by atoms with Gasteiger partial charge in [-0.25, -0.2) is 0 Å². The van der Waals surface area contributed by atoms with E-state index in [4.69, 9.17) is 0 Å². The van der Waals surface area contributed by atoms with Crippen LogP contribution in [0.5, 0.6) is 0 Å². The molecular weight excluding hydrogens is 360 g/mol.